The summed E-state index contributed by atoms with van der Waals surface area (Å²) in [5.74, 6) is 1.76. The van der Waals surface area contributed by atoms with E-state index in [1.807, 2.05) is 0 Å². The quantitative estimate of drug-likeness (QED) is 0.117. The van der Waals surface area contributed by atoms with E-state index >= 15 is 0 Å². The normalized spacial score (nSPS) is 12.7. The Bertz CT molecular complexity index is 3440. The first-order valence-corrected chi connectivity index (χ1v) is 24.5. The SMILES string of the molecule is c1ccc(N2B3c4cc(-n5c6ccccc6c6ccccc65)ccc4Oc4cc(-c5cccc([Si](c6ccccc6)(c6ccccc6)c6ccccc6)c5)cc(c43)-c3ccccc32)cc1. The van der Waals surface area contributed by atoms with Gasteiger partial charge in [0.1, 0.15) is 11.5 Å². The van der Waals surface area contributed by atoms with Gasteiger partial charge in [0.2, 0.25) is 0 Å². The summed E-state index contributed by atoms with van der Waals surface area (Å²) in [6.07, 6.45) is 0. The molecule has 0 aliphatic carbocycles. The van der Waals surface area contributed by atoms with E-state index in [0.29, 0.717) is 0 Å². The molecule has 0 radical (unpaired) electrons. The topological polar surface area (TPSA) is 17.4 Å². The molecule has 3 nitrogen and oxygen atoms in total. The van der Waals surface area contributed by atoms with Gasteiger partial charge in [-0.3, -0.25) is 0 Å². The molecular formula is C60H41BN2OSi. The highest BCUT2D eigenvalue weighted by molar-refractivity contribution is 7.20. The maximum Gasteiger partial charge on any atom is 0.336 e. The number of hydrogen-bond donors (Lipinski definition) is 0. The van der Waals surface area contributed by atoms with Crippen molar-refractivity contribution in [3.05, 3.63) is 249 Å². The molecule has 65 heavy (non-hydrogen) atoms. The van der Waals surface area contributed by atoms with Gasteiger partial charge in [-0.1, -0.05) is 188 Å². The van der Waals surface area contributed by atoms with Gasteiger partial charge >= 0.3 is 6.85 Å². The largest absolute Gasteiger partial charge is 0.458 e. The van der Waals surface area contributed by atoms with Crippen molar-refractivity contribution in [1.82, 2.24) is 4.57 Å². The van der Waals surface area contributed by atoms with Crippen LogP contribution in [0.2, 0.25) is 0 Å². The van der Waals surface area contributed by atoms with Gasteiger partial charge in [0.05, 0.1) is 11.0 Å². The first kappa shape index (κ1) is 37.4. The number of benzene rings is 10. The van der Waals surface area contributed by atoms with Gasteiger partial charge in [0, 0.05) is 38.9 Å². The Morgan fingerprint density at radius 2 is 0.923 bits per heavy atom. The molecule has 0 atom stereocenters. The lowest BCUT2D eigenvalue weighted by Gasteiger charge is -2.42. The number of fused-ring (bicyclic) bond motifs is 7. The van der Waals surface area contributed by atoms with E-state index < -0.39 is 8.07 Å². The lowest BCUT2D eigenvalue weighted by Crippen LogP contribution is -2.74. The summed E-state index contributed by atoms with van der Waals surface area (Å²) in [4.78, 5) is 2.53. The molecule has 2 aliphatic rings. The number of hydrogen-bond acceptors (Lipinski definition) is 2. The molecule has 1 aromatic heterocycles. The minimum Gasteiger partial charge on any atom is -0.458 e. The Balaban J connectivity index is 1.04. The molecule has 0 fully saturated rings. The molecule has 10 aromatic carbocycles. The zero-order chi connectivity index (χ0) is 42.9. The van der Waals surface area contributed by atoms with Crippen LogP contribution in [0.25, 0.3) is 49.7 Å². The second-order valence-corrected chi connectivity index (χ2v) is 21.0. The zero-order valence-electron chi connectivity index (χ0n) is 35.6. The summed E-state index contributed by atoms with van der Waals surface area (Å²) in [7, 11) is -2.77. The van der Waals surface area contributed by atoms with Crippen LogP contribution < -0.4 is 41.2 Å². The molecule has 11 aromatic rings. The first-order chi connectivity index (χ1) is 32.3. The van der Waals surface area contributed by atoms with Crippen molar-refractivity contribution in [2.45, 2.75) is 0 Å². The highest BCUT2D eigenvalue weighted by Gasteiger charge is 2.45. The minimum atomic E-state index is -2.77. The van der Waals surface area contributed by atoms with Crippen molar-refractivity contribution in [2.75, 3.05) is 4.81 Å². The van der Waals surface area contributed by atoms with Crippen molar-refractivity contribution in [1.29, 1.82) is 0 Å². The molecule has 0 saturated carbocycles. The van der Waals surface area contributed by atoms with Crippen molar-refractivity contribution in [3.8, 4) is 39.4 Å². The van der Waals surface area contributed by atoms with Gasteiger partial charge in [-0.25, -0.2) is 0 Å². The highest BCUT2D eigenvalue weighted by atomic mass is 28.3. The molecule has 0 saturated heterocycles. The molecule has 5 heteroatoms. The fourth-order valence-corrected chi connectivity index (χ4v) is 15.8. The van der Waals surface area contributed by atoms with Crippen LogP contribution in [-0.2, 0) is 0 Å². The molecule has 0 spiro atoms. The average Bonchev–Trinajstić information content (AvgIpc) is 3.72. The van der Waals surface area contributed by atoms with Gasteiger partial charge in [0.25, 0.3) is 0 Å². The first-order valence-electron chi connectivity index (χ1n) is 22.5. The summed E-state index contributed by atoms with van der Waals surface area (Å²) < 4.78 is 9.62. The smallest absolute Gasteiger partial charge is 0.336 e. The maximum absolute atomic E-state index is 7.21. The summed E-state index contributed by atoms with van der Waals surface area (Å²) in [6.45, 7) is -0.149. The molecule has 0 unspecified atom stereocenters. The minimum absolute atomic E-state index is 0.149. The highest BCUT2D eigenvalue weighted by Crippen LogP contribution is 2.45. The van der Waals surface area contributed by atoms with Crippen LogP contribution in [0.3, 0.4) is 0 Å². The van der Waals surface area contributed by atoms with Gasteiger partial charge < -0.3 is 14.1 Å². The van der Waals surface area contributed by atoms with Crippen molar-refractivity contribution >= 4 is 79.8 Å². The van der Waals surface area contributed by atoms with Crippen LogP contribution in [0.4, 0.5) is 11.4 Å². The molecule has 0 bridgehead atoms. The molecule has 13 rings (SSSR count). The standard InChI is InChI=1S/C60H41BN2OSi/c1-5-21-44(22-6-1)63-57-35-18-15-32-52(57)53-39-43(42-20-19-29-49(38-42)65(46-23-7-2-8-24-46,47-25-9-3-10-26-47)48-27-11-4-12-28-48)40-59-60(53)61(63)54-41-45(36-37-58(54)64-59)62-55-33-16-13-30-50(55)51-31-14-17-34-56(51)62/h1-41H. The predicted molar refractivity (Wildman–Crippen MR) is 275 cm³/mol. The average molecular weight is 845 g/mol. The van der Waals surface area contributed by atoms with E-state index in [2.05, 4.69) is 258 Å². The van der Waals surface area contributed by atoms with Gasteiger partial charge in [0.15, 0.2) is 8.07 Å². The number of para-hydroxylation sites is 4. The number of anilines is 2. The van der Waals surface area contributed by atoms with Gasteiger partial charge in [-0.2, -0.15) is 0 Å². The number of nitrogens with zero attached hydrogens (tertiary/aromatic N) is 2. The van der Waals surface area contributed by atoms with Crippen LogP contribution in [0.1, 0.15) is 0 Å². The third-order valence-corrected chi connectivity index (χ3v) is 18.5. The zero-order valence-corrected chi connectivity index (χ0v) is 36.6. The lowest BCUT2D eigenvalue weighted by atomic mass is 9.44. The second-order valence-electron chi connectivity index (χ2n) is 17.2. The number of aromatic nitrogens is 1. The Morgan fingerprint density at radius 1 is 0.369 bits per heavy atom. The van der Waals surface area contributed by atoms with Crippen LogP contribution in [-0.4, -0.2) is 19.5 Å². The van der Waals surface area contributed by atoms with E-state index in [0.717, 1.165) is 39.5 Å². The number of rotatable bonds is 7. The van der Waals surface area contributed by atoms with Crippen molar-refractivity contribution in [2.24, 2.45) is 0 Å². The van der Waals surface area contributed by atoms with Gasteiger partial charge in [-0.05, 0) is 104 Å². The van der Waals surface area contributed by atoms with E-state index in [4.69, 9.17) is 4.74 Å². The van der Waals surface area contributed by atoms with Crippen LogP contribution in [0.15, 0.2) is 249 Å². The Labute approximate surface area is 380 Å². The van der Waals surface area contributed by atoms with Crippen LogP contribution in [0, 0.1) is 0 Å². The van der Waals surface area contributed by atoms with E-state index in [1.165, 1.54) is 64.8 Å². The summed E-state index contributed by atoms with van der Waals surface area (Å²) in [6, 6.07) is 91.5. The molecule has 304 valence electrons. The van der Waals surface area contributed by atoms with Crippen molar-refractivity contribution in [3.63, 3.8) is 0 Å². The third-order valence-electron chi connectivity index (χ3n) is 13.8. The molecule has 2 aliphatic heterocycles. The van der Waals surface area contributed by atoms with Crippen LogP contribution in [0.5, 0.6) is 11.5 Å². The van der Waals surface area contributed by atoms with Gasteiger partial charge in [-0.15, -0.1) is 0 Å². The van der Waals surface area contributed by atoms with Crippen molar-refractivity contribution < 1.29 is 4.74 Å². The Kier molecular flexibility index (Phi) is 8.65. The van der Waals surface area contributed by atoms with Crippen LogP contribution >= 0.6 is 0 Å². The predicted octanol–water partition coefficient (Wildman–Crippen LogP) is 10.9. The fourth-order valence-electron chi connectivity index (χ4n) is 11.0. The third kappa shape index (κ3) is 5.76. The molecule has 0 N–H and O–H groups in total. The lowest BCUT2D eigenvalue weighted by molar-refractivity contribution is 0.487. The summed E-state index contributed by atoms with van der Waals surface area (Å²) in [5, 5.41) is 7.89. The summed E-state index contributed by atoms with van der Waals surface area (Å²) in [5.41, 5.74) is 12.8. The maximum atomic E-state index is 7.21. The molecular weight excluding hydrogens is 804 g/mol. The van der Waals surface area contributed by atoms with E-state index in [-0.39, 0.29) is 6.85 Å². The fraction of sp³-hybridized carbons (Fsp3) is 0. The Morgan fingerprint density at radius 3 is 1.57 bits per heavy atom. The monoisotopic (exact) mass is 844 g/mol. The Hall–Kier alpha value is -8.12. The molecule has 0 amide bonds. The number of ether oxygens (including phenoxy) is 1. The van der Waals surface area contributed by atoms with E-state index in [1.54, 1.807) is 0 Å². The molecule has 3 heterocycles. The summed E-state index contributed by atoms with van der Waals surface area (Å²) >= 11 is 0. The second kappa shape index (κ2) is 15.0. The van der Waals surface area contributed by atoms with E-state index in [9.17, 15) is 0 Å².